The number of carbonyl (C=O) groups excluding carboxylic acids is 1. The van der Waals surface area contributed by atoms with Crippen LogP contribution in [0.25, 0.3) is 11.2 Å². The van der Waals surface area contributed by atoms with Crippen molar-refractivity contribution in [3.8, 4) is 0 Å². The lowest BCUT2D eigenvalue weighted by Gasteiger charge is -2.34. The molecule has 0 aliphatic carbocycles. The van der Waals surface area contributed by atoms with Crippen LogP contribution < -0.4 is 16.4 Å². The van der Waals surface area contributed by atoms with E-state index in [4.69, 9.17) is 15.6 Å². The van der Waals surface area contributed by atoms with Crippen LogP contribution >= 0.6 is 0 Å². The molecule has 0 spiro atoms. The number of imidazole rings is 1. The summed E-state index contributed by atoms with van der Waals surface area (Å²) in [4.78, 5) is 27.0. The van der Waals surface area contributed by atoms with E-state index < -0.39 is 36.4 Å². The van der Waals surface area contributed by atoms with Gasteiger partial charge in [-0.1, -0.05) is 0 Å². The molecule has 12 nitrogen and oxygen atoms in total. The first-order chi connectivity index (χ1) is 13.0. The van der Waals surface area contributed by atoms with Gasteiger partial charge in [0, 0.05) is 13.5 Å². The molecule has 3 unspecified atom stereocenters. The van der Waals surface area contributed by atoms with Gasteiger partial charge in [-0.25, -0.2) is 15.0 Å². The molecule has 27 heavy (non-hydrogen) atoms. The van der Waals surface area contributed by atoms with Crippen LogP contribution in [0.1, 0.15) is 13.3 Å². The monoisotopic (exact) mass is 383 g/mol. The number of nitrogens with zero attached hydrogens (tertiary/aromatic N) is 3. The summed E-state index contributed by atoms with van der Waals surface area (Å²) in [6.45, 7) is 1.62. The van der Waals surface area contributed by atoms with Gasteiger partial charge in [0.15, 0.2) is 17.7 Å². The summed E-state index contributed by atoms with van der Waals surface area (Å²) in [6.07, 6.45) is 0.599. The summed E-state index contributed by atoms with van der Waals surface area (Å²) in [7, 11) is 1.00. The van der Waals surface area contributed by atoms with Crippen LogP contribution in [0.4, 0.5) is 5.82 Å². The third-order valence-corrected chi connectivity index (χ3v) is 4.02. The van der Waals surface area contributed by atoms with Crippen molar-refractivity contribution in [2.75, 3.05) is 19.0 Å². The largest absolute Gasteiger partial charge is 0.400 e. The Bertz CT molecular complexity index is 740. The topological polar surface area (TPSA) is 192 Å². The molecule has 12 heteroatoms. The normalized spacial score (nSPS) is 24.4. The molecule has 3 heterocycles. The van der Waals surface area contributed by atoms with Gasteiger partial charge < -0.3 is 41.4 Å². The Labute approximate surface area is 155 Å². The standard InChI is InChI=1S/C14H21N7O4.CH4O/c1-6(22)9(15)13(24)20-7-2-8(23)14(25-3-7)21-12-10-11(17-4-16-10)18-5-19-12;1-2/h4-9,14,22-23H,2-3,15H2,1H3,(H,20,24)(H2,16,17,18,19,21);2H,1H3/t6-,7?,8?,9?,14+;/m1./s1. The molecule has 0 radical (unpaired) electrons. The van der Waals surface area contributed by atoms with E-state index in [1.54, 1.807) is 0 Å². The molecular weight excluding hydrogens is 358 g/mol. The van der Waals surface area contributed by atoms with Crippen LogP contribution in [-0.4, -0.2) is 85.4 Å². The van der Waals surface area contributed by atoms with Crippen molar-refractivity contribution in [1.82, 2.24) is 25.3 Å². The Hall–Kier alpha value is -2.38. The fraction of sp³-hybridized carbons (Fsp3) is 0.600. The highest BCUT2D eigenvalue weighted by molar-refractivity contribution is 5.82. The van der Waals surface area contributed by atoms with E-state index >= 15 is 0 Å². The Balaban J connectivity index is 0.00000126. The molecule has 1 aliphatic rings. The van der Waals surface area contributed by atoms with Gasteiger partial charge in [0.1, 0.15) is 24.0 Å². The van der Waals surface area contributed by atoms with Gasteiger partial charge in [-0.2, -0.15) is 0 Å². The first kappa shape index (κ1) is 20.9. The number of carbonyl (C=O) groups is 1. The highest BCUT2D eigenvalue weighted by Crippen LogP contribution is 2.20. The second-order valence-corrected chi connectivity index (χ2v) is 6.00. The lowest BCUT2D eigenvalue weighted by molar-refractivity contribution is -0.128. The Morgan fingerprint density at radius 3 is 2.81 bits per heavy atom. The van der Waals surface area contributed by atoms with E-state index in [0.717, 1.165) is 7.11 Å². The second-order valence-electron chi connectivity index (χ2n) is 6.00. The Morgan fingerprint density at radius 2 is 2.15 bits per heavy atom. The van der Waals surface area contributed by atoms with Crippen molar-refractivity contribution in [3.63, 3.8) is 0 Å². The van der Waals surface area contributed by atoms with Crippen LogP contribution in [0.5, 0.6) is 0 Å². The predicted octanol–water partition coefficient (Wildman–Crippen LogP) is -2.33. The number of nitrogens with two attached hydrogens (primary N) is 1. The number of hydrogen-bond donors (Lipinski definition) is 7. The summed E-state index contributed by atoms with van der Waals surface area (Å²) < 4.78 is 5.60. The molecule has 0 bridgehead atoms. The number of aromatic amines is 1. The molecule has 3 rings (SSSR count). The van der Waals surface area contributed by atoms with E-state index in [-0.39, 0.29) is 13.0 Å². The Morgan fingerprint density at radius 1 is 1.41 bits per heavy atom. The number of aliphatic hydroxyl groups is 3. The number of amides is 1. The van der Waals surface area contributed by atoms with E-state index in [9.17, 15) is 15.0 Å². The number of hydrogen-bond acceptors (Lipinski definition) is 10. The predicted molar refractivity (Wildman–Crippen MR) is 95.4 cm³/mol. The number of anilines is 1. The maximum Gasteiger partial charge on any atom is 0.239 e. The van der Waals surface area contributed by atoms with Gasteiger partial charge in [-0.15, -0.1) is 0 Å². The molecule has 1 aliphatic heterocycles. The van der Waals surface area contributed by atoms with Crippen molar-refractivity contribution in [2.45, 2.75) is 43.9 Å². The molecule has 1 fully saturated rings. The summed E-state index contributed by atoms with van der Waals surface area (Å²) in [6, 6.07) is -1.43. The van der Waals surface area contributed by atoms with Gasteiger partial charge in [0.2, 0.25) is 5.91 Å². The van der Waals surface area contributed by atoms with Crippen molar-refractivity contribution in [3.05, 3.63) is 12.7 Å². The minimum atomic E-state index is -1.03. The van der Waals surface area contributed by atoms with Crippen LogP contribution in [0, 0.1) is 0 Å². The smallest absolute Gasteiger partial charge is 0.239 e. The molecule has 2 aromatic heterocycles. The molecule has 2 aromatic rings. The van der Waals surface area contributed by atoms with E-state index in [1.165, 1.54) is 19.6 Å². The summed E-state index contributed by atoms with van der Waals surface area (Å²) in [5, 5.41) is 32.3. The first-order valence-electron chi connectivity index (χ1n) is 8.34. The van der Waals surface area contributed by atoms with Gasteiger partial charge >= 0.3 is 0 Å². The van der Waals surface area contributed by atoms with Gasteiger partial charge in [0.05, 0.1) is 25.1 Å². The highest BCUT2D eigenvalue weighted by Gasteiger charge is 2.32. The number of fused-ring (bicyclic) bond motifs is 1. The van der Waals surface area contributed by atoms with Crippen molar-refractivity contribution in [2.24, 2.45) is 5.73 Å². The summed E-state index contributed by atoms with van der Waals surface area (Å²) in [5.74, 6) is -0.0256. The van der Waals surface area contributed by atoms with Gasteiger partial charge in [-0.05, 0) is 6.92 Å². The zero-order chi connectivity index (χ0) is 20.0. The number of aromatic nitrogens is 4. The number of ether oxygens (including phenoxy) is 1. The molecule has 0 aromatic carbocycles. The molecular formula is C15H25N7O5. The number of H-pyrrole nitrogens is 1. The minimum absolute atomic E-state index is 0.185. The fourth-order valence-corrected chi connectivity index (χ4v) is 2.58. The van der Waals surface area contributed by atoms with Crippen molar-refractivity contribution < 1.29 is 24.9 Å². The maximum atomic E-state index is 11.9. The molecule has 1 saturated heterocycles. The maximum absolute atomic E-state index is 11.9. The van der Waals surface area contributed by atoms with E-state index in [1.807, 2.05) is 0 Å². The van der Waals surface area contributed by atoms with Crippen LogP contribution in [0.3, 0.4) is 0 Å². The van der Waals surface area contributed by atoms with Crippen LogP contribution in [0.2, 0.25) is 0 Å². The lowest BCUT2D eigenvalue weighted by atomic mass is 10.0. The molecule has 8 N–H and O–H groups in total. The van der Waals surface area contributed by atoms with E-state index in [0.29, 0.717) is 17.0 Å². The van der Waals surface area contributed by atoms with Crippen molar-refractivity contribution in [1.29, 1.82) is 0 Å². The zero-order valence-electron chi connectivity index (χ0n) is 15.0. The number of aliphatic hydroxyl groups excluding tert-OH is 3. The first-order valence-corrected chi connectivity index (χ1v) is 8.34. The average Bonchev–Trinajstić information content (AvgIpc) is 3.14. The van der Waals surface area contributed by atoms with Crippen LogP contribution in [0.15, 0.2) is 12.7 Å². The zero-order valence-corrected chi connectivity index (χ0v) is 15.0. The number of nitrogens with one attached hydrogen (secondary N) is 3. The fourth-order valence-electron chi connectivity index (χ4n) is 2.58. The second kappa shape index (κ2) is 9.53. The number of rotatable bonds is 5. The van der Waals surface area contributed by atoms with Crippen LogP contribution in [-0.2, 0) is 9.53 Å². The minimum Gasteiger partial charge on any atom is -0.400 e. The average molecular weight is 383 g/mol. The highest BCUT2D eigenvalue weighted by atomic mass is 16.5. The quantitative estimate of drug-likeness (QED) is 0.295. The third kappa shape index (κ3) is 5.08. The Kier molecular flexibility index (Phi) is 7.38. The van der Waals surface area contributed by atoms with E-state index in [2.05, 4.69) is 30.6 Å². The molecule has 5 atom stereocenters. The SMILES string of the molecule is CO.C[C@@H](O)C(N)C(=O)NC1CO[C@H](Nc2ncnc3nc[nH]c23)C(O)C1. The van der Waals surface area contributed by atoms with Gasteiger partial charge in [-0.3, -0.25) is 4.79 Å². The van der Waals surface area contributed by atoms with Crippen molar-refractivity contribution >= 4 is 22.9 Å². The summed E-state index contributed by atoms with van der Waals surface area (Å²) >= 11 is 0. The summed E-state index contributed by atoms with van der Waals surface area (Å²) in [5.41, 5.74) is 6.69. The molecule has 0 saturated carbocycles. The lowest BCUT2D eigenvalue weighted by Crippen LogP contribution is -2.56. The molecule has 1 amide bonds. The van der Waals surface area contributed by atoms with Gasteiger partial charge in [0.25, 0.3) is 0 Å². The third-order valence-electron chi connectivity index (χ3n) is 4.02. The molecule has 150 valence electrons.